The van der Waals surface area contributed by atoms with Gasteiger partial charge in [0.05, 0.1) is 0 Å². The van der Waals surface area contributed by atoms with Crippen LogP contribution in [0.3, 0.4) is 0 Å². The molecule has 2 aliphatic rings. The SMILES string of the molecule is O=S(=O)(c1cc(Br)cnc1Cl)N1CC2CCC1C2. The third-order valence-corrected chi connectivity index (χ3v) is 6.50. The van der Waals surface area contributed by atoms with Crippen LogP contribution in [-0.2, 0) is 10.0 Å². The number of fused-ring (bicyclic) bond motifs is 2. The fourth-order valence-corrected chi connectivity index (χ4v) is 5.55. The number of hydrogen-bond acceptors (Lipinski definition) is 3. The van der Waals surface area contributed by atoms with E-state index in [0.29, 0.717) is 16.9 Å². The summed E-state index contributed by atoms with van der Waals surface area (Å²) < 4.78 is 27.4. The highest BCUT2D eigenvalue weighted by Crippen LogP contribution is 2.41. The van der Waals surface area contributed by atoms with Crippen LogP contribution in [0, 0.1) is 5.92 Å². The zero-order valence-corrected chi connectivity index (χ0v) is 12.7. The van der Waals surface area contributed by atoms with Crippen molar-refractivity contribution in [1.29, 1.82) is 0 Å². The average Bonchev–Trinajstić information content (AvgIpc) is 2.94. The molecule has 0 amide bonds. The molecule has 2 unspecified atom stereocenters. The molecule has 1 saturated heterocycles. The van der Waals surface area contributed by atoms with E-state index in [4.69, 9.17) is 11.6 Å². The molecule has 7 heteroatoms. The number of nitrogens with zero attached hydrogens (tertiary/aromatic N) is 2. The Labute approximate surface area is 120 Å². The average molecular weight is 352 g/mol. The molecule has 1 aliphatic heterocycles. The maximum atomic E-state index is 12.6. The topological polar surface area (TPSA) is 50.3 Å². The first kappa shape index (κ1) is 12.8. The van der Waals surface area contributed by atoms with E-state index in [1.165, 1.54) is 12.3 Å². The Morgan fingerprint density at radius 3 is 2.83 bits per heavy atom. The number of hydrogen-bond donors (Lipinski definition) is 0. The van der Waals surface area contributed by atoms with Gasteiger partial charge in [-0.15, -0.1) is 0 Å². The quantitative estimate of drug-likeness (QED) is 0.770. The zero-order valence-electron chi connectivity index (χ0n) is 9.51. The molecule has 2 bridgehead atoms. The van der Waals surface area contributed by atoms with Crippen LogP contribution in [0.2, 0.25) is 5.15 Å². The Balaban J connectivity index is 2.02. The van der Waals surface area contributed by atoms with Crippen molar-refractivity contribution in [3.63, 3.8) is 0 Å². The smallest absolute Gasteiger partial charge is 0.242 e. The molecule has 0 N–H and O–H groups in total. The molecule has 1 aromatic heterocycles. The van der Waals surface area contributed by atoms with Crippen LogP contribution in [-0.4, -0.2) is 30.3 Å². The fraction of sp³-hybridized carbons (Fsp3) is 0.545. The summed E-state index contributed by atoms with van der Waals surface area (Å²) in [5, 5.41) is 0.0426. The van der Waals surface area contributed by atoms with E-state index in [1.807, 2.05) is 0 Å². The van der Waals surface area contributed by atoms with Gasteiger partial charge in [-0.05, 0) is 47.2 Å². The van der Waals surface area contributed by atoms with E-state index >= 15 is 0 Å². The van der Waals surface area contributed by atoms with Gasteiger partial charge >= 0.3 is 0 Å². The highest BCUT2D eigenvalue weighted by atomic mass is 79.9. The maximum Gasteiger partial charge on any atom is 0.246 e. The van der Waals surface area contributed by atoms with Gasteiger partial charge in [-0.2, -0.15) is 4.31 Å². The Bertz CT molecular complexity index is 593. The molecular weight excluding hydrogens is 340 g/mol. The number of sulfonamides is 1. The third kappa shape index (κ3) is 1.99. The Kier molecular flexibility index (Phi) is 3.17. The first-order valence-electron chi connectivity index (χ1n) is 5.81. The first-order valence-corrected chi connectivity index (χ1v) is 8.42. The normalized spacial score (nSPS) is 27.9. The number of piperidine rings is 1. The molecule has 1 aromatic rings. The fourth-order valence-electron chi connectivity index (χ4n) is 2.89. The van der Waals surface area contributed by atoms with E-state index in [9.17, 15) is 8.42 Å². The number of rotatable bonds is 2. The molecule has 1 saturated carbocycles. The maximum absolute atomic E-state index is 12.6. The van der Waals surface area contributed by atoms with Gasteiger partial charge < -0.3 is 0 Å². The van der Waals surface area contributed by atoms with Gasteiger partial charge in [0.1, 0.15) is 10.0 Å². The lowest BCUT2D eigenvalue weighted by molar-refractivity contribution is 0.333. The third-order valence-electron chi connectivity index (χ3n) is 3.72. The second-order valence-electron chi connectivity index (χ2n) is 4.85. The number of pyridine rings is 1. The van der Waals surface area contributed by atoms with Crippen molar-refractivity contribution in [3.05, 3.63) is 21.9 Å². The van der Waals surface area contributed by atoms with Gasteiger partial charge in [-0.25, -0.2) is 13.4 Å². The van der Waals surface area contributed by atoms with Crippen LogP contribution in [0.1, 0.15) is 19.3 Å². The van der Waals surface area contributed by atoms with E-state index in [2.05, 4.69) is 20.9 Å². The Morgan fingerprint density at radius 1 is 1.44 bits per heavy atom. The Morgan fingerprint density at radius 2 is 2.22 bits per heavy atom. The van der Waals surface area contributed by atoms with Crippen LogP contribution in [0.5, 0.6) is 0 Å². The van der Waals surface area contributed by atoms with Crippen molar-refractivity contribution >= 4 is 37.6 Å². The Hall–Kier alpha value is -0.170. The van der Waals surface area contributed by atoms with Crippen molar-refractivity contribution in [2.75, 3.05) is 6.54 Å². The minimum atomic E-state index is -3.51. The molecule has 0 aromatic carbocycles. The van der Waals surface area contributed by atoms with E-state index in [1.54, 1.807) is 4.31 Å². The predicted octanol–water partition coefficient (Wildman–Crippen LogP) is 2.67. The van der Waals surface area contributed by atoms with Crippen molar-refractivity contribution in [2.45, 2.75) is 30.2 Å². The lowest BCUT2D eigenvalue weighted by Crippen LogP contribution is -2.37. The number of halogens is 2. The summed E-state index contributed by atoms with van der Waals surface area (Å²) in [6.45, 7) is 0.621. The molecule has 0 radical (unpaired) electrons. The minimum absolute atomic E-state index is 0.0426. The zero-order chi connectivity index (χ0) is 12.9. The second kappa shape index (κ2) is 4.44. The molecule has 2 fully saturated rings. The van der Waals surface area contributed by atoms with Crippen molar-refractivity contribution in [2.24, 2.45) is 5.92 Å². The predicted molar refractivity (Wildman–Crippen MR) is 72.0 cm³/mol. The van der Waals surface area contributed by atoms with Gasteiger partial charge in [-0.1, -0.05) is 11.6 Å². The van der Waals surface area contributed by atoms with Crippen molar-refractivity contribution < 1.29 is 8.42 Å². The van der Waals surface area contributed by atoms with Gasteiger partial charge in [0.15, 0.2) is 0 Å². The summed E-state index contributed by atoms with van der Waals surface area (Å²) in [5.41, 5.74) is 0. The van der Waals surface area contributed by atoms with Crippen LogP contribution in [0.25, 0.3) is 0 Å². The molecule has 1 aliphatic carbocycles. The van der Waals surface area contributed by atoms with E-state index < -0.39 is 10.0 Å². The minimum Gasteiger partial charge on any atom is -0.242 e. The molecule has 2 heterocycles. The largest absolute Gasteiger partial charge is 0.246 e. The number of aromatic nitrogens is 1. The highest BCUT2D eigenvalue weighted by Gasteiger charge is 2.44. The van der Waals surface area contributed by atoms with Gasteiger partial charge in [0.25, 0.3) is 0 Å². The summed E-state index contributed by atoms with van der Waals surface area (Å²) in [4.78, 5) is 3.99. The molecule has 18 heavy (non-hydrogen) atoms. The lowest BCUT2D eigenvalue weighted by Gasteiger charge is -2.26. The summed E-state index contributed by atoms with van der Waals surface area (Å²) >= 11 is 9.16. The summed E-state index contributed by atoms with van der Waals surface area (Å²) in [5.74, 6) is 0.517. The molecule has 98 valence electrons. The van der Waals surface area contributed by atoms with Gasteiger partial charge in [0.2, 0.25) is 10.0 Å². The molecule has 0 spiro atoms. The molecule has 4 nitrogen and oxygen atoms in total. The second-order valence-corrected chi connectivity index (χ2v) is 7.98. The van der Waals surface area contributed by atoms with Crippen LogP contribution in [0.4, 0.5) is 0 Å². The summed E-state index contributed by atoms with van der Waals surface area (Å²) in [6, 6.07) is 1.67. The van der Waals surface area contributed by atoms with E-state index in [-0.39, 0.29) is 16.1 Å². The molecular formula is C11H12BrClN2O2S. The molecule has 3 rings (SSSR count). The van der Waals surface area contributed by atoms with Gasteiger partial charge in [0, 0.05) is 23.3 Å². The van der Waals surface area contributed by atoms with Crippen molar-refractivity contribution in [3.8, 4) is 0 Å². The van der Waals surface area contributed by atoms with Crippen LogP contribution >= 0.6 is 27.5 Å². The van der Waals surface area contributed by atoms with Crippen molar-refractivity contribution in [1.82, 2.24) is 9.29 Å². The van der Waals surface area contributed by atoms with Crippen LogP contribution < -0.4 is 0 Å². The standard InChI is InChI=1S/C11H12BrClN2O2S/c12-8-4-10(11(13)14-5-8)18(16,17)15-6-7-1-2-9(15)3-7/h4-5,7,9H,1-3,6H2. The van der Waals surface area contributed by atoms with E-state index in [0.717, 1.165) is 19.3 Å². The summed E-state index contributed by atoms with van der Waals surface area (Å²) in [6.07, 6.45) is 4.58. The highest BCUT2D eigenvalue weighted by molar-refractivity contribution is 9.10. The lowest BCUT2D eigenvalue weighted by atomic mass is 10.1. The van der Waals surface area contributed by atoms with Gasteiger partial charge in [-0.3, -0.25) is 0 Å². The van der Waals surface area contributed by atoms with Crippen LogP contribution in [0.15, 0.2) is 21.6 Å². The molecule has 2 atom stereocenters. The summed E-state index contributed by atoms with van der Waals surface area (Å²) in [7, 11) is -3.51. The first-order chi connectivity index (χ1) is 8.48. The monoisotopic (exact) mass is 350 g/mol.